The molecule has 1 heterocycles. The van der Waals surface area contributed by atoms with Gasteiger partial charge >= 0.3 is 0 Å². The zero-order valence-corrected chi connectivity index (χ0v) is 6.66. The molecule has 1 aliphatic heterocycles. The smallest absolute Gasteiger partial charge is 0.251 e. The molecule has 0 aromatic carbocycles. The van der Waals surface area contributed by atoms with E-state index in [1.54, 1.807) is 0 Å². The first-order valence-corrected chi connectivity index (χ1v) is 3.94. The van der Waals surface area contributed by atoms with Crippen LogP contribution in [-0.2, 0) is 0 Å². The van der Waals surface area contributed by atoms with Gasteiger partial charge in [0.25, 0.3) is 6.43 Å². The van der Waals surface area contributed by atoms with Gasteiger partial charge in [0.1, 0.15) is 0 Å². The third kappa shape index (κ3) is 2.36. The number of hydrogen-bond donors (Lipinski definition) is 2. The number of likely N-dealkylation sites (tertiary alicyclic amines) is 1. The van der Waals surface area contributed by atoms with Gasteiger partial charge in [-0.25, -0.2) is 8.78 Å². The molecule has 72 valence electrons. The average Bonchev–Trinajstić information content (AvgIpc) is 2.29. The second-order valence-electron chi connectivity index (χ2n) is 3.07. The van der Waals surface area contributed by atoms with Crippen molar-refractivity contribution in [3.63, 3.8) is 0 Å². The van der Waals surface area contributed by atoms with Crippen molar-refractivity contribution in [1.29, 1.82) is 0 Å². The fourth-order valence-corrected chi connectivity index (χ4v) is 1.55. The van der Waals surface area contributed by atoms with Crippen LogP contribution in [0.2, 0.25) is 0 Å². The third-order valence-corrected chi connectivity index (χ3v) is 2.09. The summed E-state index contributed by atoms with van der Waals surface area (Å²) in [7, 11) is 0. The summed E-state index contributed by atoms with van der Waals surface area (Å²) in [4.78, 5) is 1.43. The summed E-state index contributed by atoms with van der Waals surface area (Å²) in [6.45, 7) is -0.276. The Bertz CT molecular complexity index is 145. The lowest BCUT2D eigenvalue weighted by atomic mass is 10.2. The van der Waals surface area contributed by atoms with Gasteiger partial charge in [-0.3, -0.25) is 4.90 Å². The number of alkyl halides is 2. The van der Waals surface area contributed by atoms with E-state index in [1.807, 2.05) is 0 Å². The molecule has 1 fully saturated rings. The Morgan fingerprint density at radius 2 is 2.17 bits per heavy atom. The molecule has 2 unspecified atom stereocenters. The standard InChI is InChI=1S/C7H13F2NO2/c8-7(9)3-10-2-6(12)1-5(10)4-11/h5-7,11-12H,1-4H2. The Balaban J connectivity index is 2.40. The summed E-state index contributed by atoms with van der Waals surface area (Å²) < 4.78 is 23.8. The van der Waals surface area contributed by atoms with Crippen LogP contribution in [0.1, 0.15) is 6.42 Å². The second kappa shape index (κ2) is 4.11. The van der Waals surface area contributed by atoms with Crippen molar-refractivity contribution in [2.75, 3.05) is 19.7 Å². The van der Waals surface area contributed by atoms with Gasteiger partial charge in [-0.05, 0) is 6.42 Å². The van der Waals surface area contributed by atoms with Crippen molar-refractivity contribution in [3.8, 4) is 0 Å². The Labute approximate surface area is 69.6 Å². The Morgan fingerprint density at radius 1 is 1.50 bits per heavy atom. The Morgan fingerprint density at radius 3 is 2.67 bits per heavy atom. The first-order valence-electron chi connectivity index (χ1n) is 3.94. The molecular weight excluding hydrogens is 168 g/mol. The fourth-order valence-electron chi connectivity index (χ4n) is 1.55. The van der Waals surface area contributed by atoms with Crippen molar-refractivity contribution < 1.29 is 19.0 Å². The maximum absolute atomic E-state index is 11.9. The van der Waals surface area contributed by atoms with Crippen LogP contribution in [0, 0.1) is 0 Å². The molecule has 12 heavy (non-hydrogen) atoms. The topological polar surface area (TPSA) is 43.7 Å². The SMILES string of the molecule is OCC1CC(O)CN1CC(F)F. The molecule has 1 saturated heterocycles. The van der Waals surface area contributed by atoms with E-state index in [0.29, 0.717) is 6.42 Å². The van der Waals surface area contributed by atoms with Gasteiger partial charge < -0.3 is 10.2 Å². The van der Waals surface area contributed by atoms with E-state index >= 15 is 0 Å². The summed E-state index contributed by atoms with van der Waals surface area (Å²) in [5.74, 6) is 0. The van der Waals surface area contributed by atoms with Crippen LogP contribution in [0.25, 0.3) is 0 Å². The van der Waals surface area contributed by atoms with Crippen LogP contribution in [0.15, 0.2) is 0 Å². The minimum atomic E-state index is -2.40. The van der Waals surface area contributed by atoms with Crippen LogP contribution in [-0.4, -0.2) is 53.4 Å². The van der Waals surface area contributed by atoms with Crippen LogP contribution >= 0.6 is 0 Å². The van der Waals surface area contributed by atoms with Crippen LogP contribution in [0.4, 0.5) is 8.78 Å². The van der Waals surface area contributed by atoms with E-state index in [9.17, 15) is 8.78 Å². The molecule has 0 amide bonds. The minimum Gasteiger partial charge on any atom is -0.395 e. The lowest BCUT2D eigenvalue weighted by molar-refractivity contribution is 0.0634. The highest BCUT2D eigenvalue weighted by Crippen LogP contribution is 2.18. The van der Waals surface area contributed by atoms with Crippen molar-refractivity contribution in [2.45, 2.75) is 25.0 Å². The zero-order chi connectivity index (χ0) is 9.14. The maximum atomic E-state index is 11.9. The van der Waals surface area contributed by atoms with E-state index in [-0.39, 0.29) is 25.7 Å². The van der Waals surface area contributed by atoms with E-state index in [1.165, 1.54) is 4.90 Å². The largest absolute Gasteiger partial charge is 0.395 e. The highest BCUT2D eigenvalue weighted by atomic mass is 19.3. The molecule has 3 nitrogen and oxygen atoms in total. The summed E-state index contributed by atoms with van der Waals surface area (Å²) in [6, 6.07) is -0.297. The number of nitrogens with zero attached hydrogens (tertiary/aromatic N) is 1. The van der Waals surface area contributed by atoms with Gasteiger partial charge in [-0.1, -0.05) is 0 Å². The molecule has 0 spiro atoms. The third-order valence-electron chi connectivity index (χ3n) is 2.09. The minimum absolute atomic E-state index is 0.163. The average molecular weight is 181 g/mol. The predicted molar refractivity (Wildman–Crippen MR) is 39.1 cm³/mol. The molecule has 5 heteroatoms. The first kappa shape index (κ1) is 9.83. The van der Waals surface area contributed by atoms with Crippen molar-refractivity contribution in [1.82, 2.24) is 4.90 Å². The van der Waals surface area contributed by atoms with Crippen LogP contribution in [0.3, 0.4) is 0 Å². The predicted octanol–water partition coefficient (Wildman–Crippen LogP) is -0.321. The summed E-state index contributed by atoms with van der Waals surface area (Å²) in [6.07, 6.45) is -2.58. The Kier molecular flexibility index (Phi) is 3.37. The molecule has 2 N–H and O–H groups in total. The lowest BCUT2D eigenvalue weighted by Gasteiger charge is -2.21. The fraction of sp³-hybridized carbons (Fsp3) is 1.00. The monoisotopic (exact) mass is 181 g/mol. The molecule has 1 aliphatic rings. The number of hydrogen-bond acceptors (Lipinski definition) is 3. The second-order valence-corrected chi connectivity index (χ2v) is 3.07. The first-order chi connectivity index (χ1) is 5.63. The summed E-state index contributed by atoms with van der Waals surface area (Å²) >= 11 is 0. The molecular formula is C7H13F2NO2. The number of halogens is 2. The molecule has 0 bridgehead atoms. The van der Waals surface area contributed by atoms with Gasteiger partial charge in [0, 0.05) is 12.6 Å². The molecule has 2 atom stereocenters. The highest BCUT2D eigenvalue weighted by Gasteiger charge is 2.31. The van der Waals surface area contributed by atoms with Gasteiger partial charge in [0.15, 0.2) is 0 Å². The summed E-state index contributed by atoms with van der Waals surface area (Å²) in [5, 5.41) is 17.9. The molecule has 0 aliphatic carbocycles. The number of aliphatic hydroxyl groups is 2. The normalized spacial score (nSPS) is 31.8. The number of rotatable bonds is 3. The molecule has 0 aromatic heterocycles. The quantitative estimate of drug-likeness (QED) is 0.627. The van der Waals surface area contributed by atoms with Gasteiger partial charge in [0.05, 0.1) is 19.3 Å². The number of β-amino-alcohol motifs (C(OH)–C–C–N with tert-alkyl or cyclic N) is 1. The van der Waals surface area contributed by atoms with E-state index < -0.39 is 12.5 Å². The van der Waals surface area contributed by atoms with E-state index in [4.69, 9.17) is 10.2 Å². The van der Waals surface area contributed by atoms with Crippen molar-refractivity contribution in [2.24, 2.45) is 0 Å². The molecule has 0 radical (unpaired) electrons. The lowest BCUT2D eigenvalue weighted by Crippen LogP contribution is -2.36. The van der Waals surface area contributed by atoms with Crippen molar-refractivity contribution >= 4 is 0 Å². The number of aliphatic hydroxyl groups excluding tert-OH is 2. The van der Waals surface area contributed by atoms with E-state index in [0.717, 1.165) is 0 Å². The van der Waals surface area contributed by atoms with Gasteiger partial charge in [-0.15, -0.1) is 0 Å². The van der Waals surface area contributed by atoms with Crippen LogP contribution in [0.5, 0.6) is 0 Å². The maximum Gasteiger partial charge on any atom is 0.251 e. The highest BCUT2D eigenvalue weighted by molar-refractivity contribution is 4.84. The molecule has 0 saturated carbocycles. The molecule has 0 aromatic rings. The van der Waals surface area contributed by atoms with Gasteiger partial charge in [-0.2, -0.15) is 0 Å². The van der Waals surface area contributed by atoms with Crippen LogP contribution < -0.4 is 0 Å². The van der Waals surface area contributed by atoms with E-state index in [2.05, 4.69) is 0 Å². The zero-order valence-electron chi connectivity index (χ0n) is 6.66. The summed E-state index contributed by atoms with van der Waals surface area (Å²) in [5.41, 5.74) is 0. The van der Waals surface area contributed by atoms with Crippen molar-refractivity contribution in [3.05, 3.63) is 0 Å². The van der Waals surface area contributed by atoms with Gasteiger partial charge in [0.2, 0.25) is 0 Å². The molecule has 1 rings (SSSR count). The Hall–Kier alpha value is -0.260.